The summed E-state index contributed by atoms with van der Waals surface area (Å²) in [5.41, 5.74) is 0. The van der Waals surface area contributed by atoms with Crippen molar-refractivity contribution in [3.05, 3.63) is 0 Å². The first kappa shape index (κ1) is 33.5. The number of aliphatic hydroxyl groups excluding tert-OH is 1. The molecule has 1 atom stereocenters. The van der Waals surface area contributed by atoms with Crippen molar-refractivity contribution in [2.24, 2.45) is 0 Å². The van der Waals surface area contributed by atoms with Gasteiger partial charge in [0.2, 0.25) is 0 Å². The molecule has 0 aliphatic rings. The predicted molar refractivity (Wildman–Crippen MR) is 66.9 cm³/mol. The molecule has 0 aliphatic carbocycles. The lowest BCUT2D eigenvalue weighted by Gasteiger charge is -2.44. The van der Waals surface area contributed by atoms with Crippen LogP contribution in [0.5, 0.6) is 0 Å². The van der Waals surface area contributed by atoms with E-state index in [1.807, 2.05) is 0 Å². The third kappa shape index (κ3) is 4.23. The van der Waals surface area contributed by atoms with Gasteiger partial charge in [-0.3, -0.25) is 0 Å². The summed E-state index contributed by atoms with van der Waals surface area (Å²) in [6.45, 7) is 0.0759. The minimum absolute atomic E-state index is 0.0759. The van der Waals surface area contributed by atoms with Crippen molar-refractivity contribution in [3.8, 4) is 0 Å². The van der Waals surface area contributed by atoms with E-state index in [1.165, 1.54) is 0 Å². The molecule has 1 nitrogen and oxygen atoms in total. The first-order valence-electron chi connectivity index (χ1n) is 7.82. The molecule has 0 amide bonds. The molecule has 0 saturated heterocycles. The van der Waals surface area contributed by atoms with Crippen LogP contribution < -0.4 is 0 Å². The van der Waals surface area contributed by atoms with Gasteiger partial charge in [-0.05, 0) is 6.92 Å². The van der Waals surface area contributed by atoms with Crippen LogP contribution in [-0.4, -0.2) is 70.7 Å². The topological polar surface area (TPSA) is 20.2 Å². The predicted octanol–water partition coefficient (Wildman–Crippen LogP) is 7.04. The summed E-state index contributed by atoms with van der Waals surface area (Å²) < 4.78 is 274. The zero-order chi connectivity index (χ0) is 29.3. The first-order chi connectivity index (χ1) is 14.7. The molecule has 0 saturated carbocycles. The van der Waals surface area contributed by atoms with Gasteiger partial charge in [-0.2, -0.15) is 92.2 Å². The molecule has 0 radical (unpaired) electrons. The van der Waals surface area contributed by atoms with Gasteiger partial charge in [-0.25, -0.2) is 0 Å². The first-order valence-corrected chi connectivity index (χ1v) is 7.82. The van der Waals surface area contributed by atoms with Crippen molar-refractivity contribution in [2.45, 2.75) is 78.9 Å². The second-order valence-electron chi connectivity index (χ2n) is 6.85. The average Bonchev–Trinajstić information content (AvgIpc) is 2.58. The van der Waals surface area contributed by atoms with Crippen LogP contribution in [0.3, 0.4) is 0 Å². The second kappa shape index (κ2) is 8.25. The van der Waals surface area contributed by atoms with E-state index in [1.54, 1.807) is 0 Å². The van der Waals surface area contributed by atoms with Gasteiger partial charge in [0.15, 0.2) is 0 Å². The normalized spacial score (nSPS) is 17.6. The number of hydrogen-bond acceptors (Lipinski definition) is 1. The van der Waals surface area contributed by atoms with Crippen LogP contribution >= 0.6 is 0 Å². The van der Waals surface area contributed by atoms with E-state index in [2.05, 4.69) is 0 Å². The fourth-order valence-electron chi connectivity index (χ4n) is 2.09. The Morgan fingerprint density at radius 2 is 0.600 bits per heavy atom. The minimum Gasteiger partial charge on any atom is -0.393 e. The van der Waals surface area contributed by atoms with Crippen LogP contribution in [0, 0.1) is 0 Å². The van der Waals surface area contributed by atoms with Gasteiger partial charge < -0.3 is 5.11 Å². The third-order valence-corrected chi connectivity index (χ3v) is 4.13. The maximum absolute atomic E-state index is 13.4. The standard InChI is InChI=1S/C13H7F21O/c1-3(35)2-4(14,15)5(16,17)6(18,19)7(20,21)8(22,23)9(24,25)10(26,27)11(28,29)12(30,31)13(32,33)34/h3,35H,2H2,1H3. The summed E-state index contributed by atoms with van der Waals surface area (Å²) in [4.78, 5) is 0. The zero-order valence-corrected chi connectivity index (χ0v) is 15.7. The molecule has 0 fully saturated rings. The smallest absolute Gasteiger partial charge is 0.393 e. The number of hydrogen-bond donors (Lipinski definition) is 1. The van der Waals surface area contributed by atoms with Gasteiger partial charge in [-0.1, -0.05) is 0 Å². The molecule has 212 valence electrons. The van der Waals surface area contributed by atoms with Gasteiger partial charge >= 0.3 is 59.5 Å². The summed E-state index contributed by atoms with van der Waals surface area (Å²) in [5, 5.41) is 8.49. The number of rotatable bonds is 10. The Bertz CT molecular complexity index is 760. The highest BCUT2D eigenvalue weighted by Crippen LogP contribution is 2.66. The Morgan fingerprint density at radius 1 is 0.400 bits per heavy atom. The fourth-order valence-corrected chi connectivity index (χ4v) is 2.09. The van der Waals surface area contributed by atoms with Crippen molar-refractivity contribution >= 4 is 0 Å². The van der Waals surface area contributed by atoms with E-state index in [9.17, 15) is 92.2 Å². The molecule has 0 aliphatic heterocycles. The molecule has 0 spiro atoms. The summed E-state index contributed by atoms with van der Waals surface area (Å²) in [6, 6.07) is 0. The molecule has 0 aromatic carbocycles. The van der Waals surface area contributed by atoms with Crippen molar-refractivity contribution in [2.75, 3.05) is 0 Å². The Kier molecular flexibility index (Phi) is 7.89. The summed E-state index contributed by atoms with van der Waals surface area (Å²) in [7, 11) is 0. The van der Waals surface area contributed by atoms with E-state index >= 15 is 0 Å². The van der Waals surface area contributed by atoms with Crippen molar-refractivity contribution in [1.29, 1.82) is 0 Å². The monoisotopic (exact) mass is 578 g/mol. The van der Waals surface area contributed by atoms with Gasteiger partial charge in [0.25, 0.3) is 0 Å². The maximum atomic E-state index is 13.4. The fraction of sp³-hybridized carbons (Fsp3) is 1.00. The van der Waals surface area contributed by atoms with Crippen LogP contribution in [0.4, 0.5) is 92.2 Å². The number of halogens is 21. The van der Waals surface area contributed by atoms with Gasteiger partial charge in [-0.15, -0.1) is 0 Å². The Labute approximate surface area is 177 Å². The van der Waals surface area contributed by atoms with E-state index in [-0.39, 0.29) is 6.92 Å². The molecule has 0 aromatic heterocycles. The van der Waals surface area contributed by atoms with Crippen molar-refractivity contribution in [3.63, 3.8) is 0 Å². The van der Waals surface area contributed by atoms with Crippen molar-refractivity contribution < 1.29 is 97.3 Å². The highest BCUT2D eigenvalue weighted by Gasteiger charge is 2.97. The van der Waals surface area contributed by atoms with E-state index in [0.717, 1.165) is 0 Å². The highest BCUT2D eigenvalue weighted by atomic mass is 19.4. The van der Waals surface area contributed by atoms with E-state index in [4.69, 9.17) is 5.11 Å². The average molecular weight is 578 g/mol. The number of alkyl halides is 21. The molecule has 0 rings (SSSR count). The van der Waals surface area contributed by atoms with Crippen molar-refractivity contribution in [1.82, 2.24) is 0 Å². The molecule has 0 bridgehead atoms. The second-order valence-corrected chi connectivity index (χ2v) is 6.85. The lowest BCUT2D eigenvalue weighted by molar-refractivity contribution is -0.474. The zero-order valence-electron chi connectivity index (χ0n) is 15.7. The summed E-state index contributed by atoms with van der Waals surface area (Å²) >= 11 is 0. The maximum Gasteiger partial charge on any atom is 0.460 e. The molecule has 1 unspecified atom stereocenters. The third-order valence-electron chi connectivity index (χ3n) is 4.13. The van der Waals surface area contributed by atoms with Gasteiger partial charge in [0.1, 0.15) is 0 Å². The Hall–Kier alpha value is -1.51. The molecular weight excluding hydrogens is 571 g/mol. The highest BCUT2D eigenvalue weighted by molar-refractivity contribution is 5.17. The quantitative estimate of drug-likeness (QED) is 0.276. The number of aliphatic hydroxyl groups is 1. The van der Waals surface area contributed by atoms with Crippen LogP contribution in [0.25, 0.3) is 0 Å². The molecule has 0 heterocycles. The van der Waals surface area contributed by atoms with Gasteiger partial charge in [0, 0.05) is 6.42 Å². The minimum atomic E-state index is -9.18. The Morgan fingerprint density at radius 3 is 0.800 bits per heavy atom. The largest absolute Gasteiger partial charge is 0.460 e. The van der Waals surface area contributed by atoms with E-state index in [0.29, 0.717) is 0 Å². The lowest BCUT2D eigenvalue weighted by Crippen LogP contribution is -2.76. The van der Waals surface area contributed by atoms with Crippen LogP contribution in [0.15, 0.2) is 0 Å². The molecule has 35 heavy (non-hydrogen) atoms. The SMILES string of the molecule is CC(O)CC(F)(F)C(F)(F)C(F)(F)C(F)(F)C(F)(F)C(F)(F)C(F)(F)C(F)(F)C(F)(F)C(F)(F)F. The van der Waals surface area contributed by atoms with E-state index < -0.39 is 72.0 Å². The molecular formula is C13H7F21O. The van der Waals surface area contributed by atoms with Gasteiger partial charge in [0.05, 0.1) is 6.10 Å². The summed E-state index contributed by atoms with van der Waals surface area (Å²) in [5.74, 6) is -77.1. The van der Waals surface area contributed by atoms with Crippen LogP contribution in [0.1, 0.15) is 13.3 Å². The lowest BCUT2D eigenvalue weighted by atomic mass is 9.85. The summed E-state index contributed by atoms with van der Waals surface area (Å²) in [6.07, 6.45) is -13.9. The Balaban J connectivity index is 7.03. The van der Waals surface area contributed by atoms with Crippen LogP contribution in [0.2, 0.25) is 0 Å². The van der Waals surface area contributed by atoms with Crippen LogP contribution in [-0.2, 0) is 0 Å². The molecule has 1 N–H and O–H groups in total. The molecule has 22 heteroatoms. The molecule has 0 aromatic rings.